The second-order valence-electron chi connectivity index (χ2n) is 6.50. The van der Waals surface area contributed by atoms with Crippen LogP contribution in [0.25, 0.3) is 0 Å². The number of benzene rings is 2. The Morgan fingerprint density at radius 2 is 1.41 bits per heavy atom. The molecule has 168 valence electrons. The van der Waals surface area contributed by atoms with E-state index >= 15 is 0 Å². The number of methoxy groups -OCH3 is 2. The van der Waals surface area contributed by atoms with Crippen molar-refractivity contribution in [1.82, 2.24) is 5.32 Å². The first kappa shape index (κ1) is 24.1. The fraction of sp³-hybridized carbons (Fsp3) is 0.227. The molecule has 1 atom stereocenters. The molecule has 2 amide bonds. The Hall–Kier alpha value is -4.21. The first-order chi connectivity index (χ1) is 15.2. The van der Waals surface area contributed by atoms with E-state index < -0.39 is 42.4 Å². The number of esters is 3. The van der Waals surface area contributed by atoms with Gasteiger partial charge in [-0.25, -0.2) is 14.4 Å². The lowest BCUT2D eigenvalue weighted by Crippen LogP contribution is -2.40. The Labute approximate surface area is 183 Å². The molecule has 0 fully saturated rings. The normalized spacial score (nSPS) is 11.0. The summed E-state index contributed by atoms with van der Waals surface area (Å²) in [6.07, 6.45) is 0. The van der Waals surface area contributed by atoms with E-state index in [-0.39, 0.29) is 16.8 Å². The fourth-order valence-electron chi connectivity index (χ4n) is 2.56. The van der Waals surface area contributed by atoms with E-state index in [0.717, 1.165) is 0 Å². The lowest BCUT2D eigenvalue weighted by molar-refractivity contribution is -0.148. The molecule has 2 rings (SSSR count). The molecule has 0 aromatic heterocycles. The summed E-state index contributed by atoms with van der Waals surface area (Å²) in [7, 11) is 2.34. The van der Waals surface area contributed by atoms with Crippen molar-refractivity contribution in [1.29, 1.82) is 0 Å². The van der Waals surface area contributed by atoms with Crippen LogP contribution in [0.5, 0.6) is 0 Å². The minimum absolute atomic E-state index is 0.0138. The van der Waals surface area contributed by atoms with Gasteiger partial charge in [0.15, 0.2) is 6.61 Å². The molecular formula is C22H22N2O8. The Morgan fingerprint density at radius 3 is 1.94 bits per heavy atom. The van der Waals surface area contributed by atoms with Crippen LogP contribution in [0.15, 0.2) is 48.5 Å². The van der Waals surface area contributed by atoms with Gasteiger partial charge in [0.25, 0.3) is 11.8 Å². The maximum atomic E-state index is 12.2. The summed E-state index contributed by atoms with van der Waals surface area (Å²) in [5, 5.41) is 4.90. The number of anilines is 1. The predicted octanol–water partition coefficient (Wildman–Crippen LogP) is 1.56. The lowest BCUT2D eigenvalue weighted by Gasteiger charge is -2.14. The zero-order valence-electron chi connectivity index (χ0n) is 17.7. The summed E-state index contributed by atoms with van der Waals surface area (Å²) in [4.78, 5) is 60.0. The van der Waals surface area contributed by atoms with Crippen molar-refractivity contribution in [3.8, 4) is 0 Å². The number of rotatable bonds is 8. The molecule has 0 heterocycles. The number of carbonyl (C=O) groups excluding carboxylic acids is 5. The lowest BCUT2D eigenvalue weighted by atomic mass is 10.1. The Balaban J connectivity index is 1.96. The standard InChI is InChI=1S/C22H22N2O8/c1-13(23-19(26)14-7-5-4-6-8-14)20(27)32-12-18(25)24-17-10-15(21(28)30-2)9-16(11-17)22(29)31-3/h4-11,13H,12H2,1-3H3,(H,23,26)(H,24,25)/t13-/m0/s1. The Kier molecular flexibility index (Phi) is 8.46. The largest absolute Gasteiger partial charge is 0.465 e. The van der Waals surface area contributed by atoms with Crippen molar-refractivity contribution in [2.45, 2.75) is 13.0 Å². The summed E-state index contributed by atoms with van der Waals surface area (Å²) < 4.78 is 14.2. The van der Waals surface area contributed by atoms with Crippen LogP contribution in [0, 0.1) is 0 Å². The summed E-state index contributed by atoms with van der Waals surface area (Å²) >= 11 is 0. The van der Waals surface area contributed by atoms with Gasteiger partial charge in [-0.15, -0.1) is 0 Å². The Morgan fingerprint density at radius 1 is 0.844 bits per heavy atom. The van der Waals surface area contributed by atoms with Crippen LogP contribution in [-0.2, 0) is 23.8 Å². The van der Waals surface area contributed by atoms with Gasteiger partial charge in [-0.2, -0.15) is 0 Å². The van der Waals surface area contributed by atoms with E-state index in [2.05, 4.69) is 20.1 Å². The van der Waals surface area contributed by atoms with E-state index in [1.165, 1.54) is 39.3 Å². The van der Waals surface area contributed by atoms with Gasteiger partial charge in [-0.05, 0) is 37.3 Å². The molecule has 0 radical (unpaired) electrons. The van der Waals surface area contributed by atoms with Gasteiger partial charge in [-0.1, -0.05) is 18.2 Å². The molecule has 0 aliphatic carbocycles. The summed E-state index contributed by atoms with van der Waals surface area (Å²) in [6, 6.07) is 11.1. The highest BCUT2D eigenvalue weighted by molar-refractivity contribution is 6.00. The van der Waals surface area contributed by atoms with E-state index in [1.807, 2.05) is 0 Å². The average Bonchev–Trinajstić information content (AvgIpc) is 2.81. The Bertz CT molecular complexity index is 986. The third-order valence-corrected chi connectivity index (χ3v) is 4.14. The zero-order chi connectivity index (χ0) is 23.7. The third kappa shape index (κ3) is 6.66. The third-order valence-electron chi connectivity index (χ3n) is 4.14. The summed E-state index contributed by atoms with van der Waals surface area (Å²) in [5.41, 5.74) is 0.497. The highest BCUT2D eigenvalue weighted by atomic mass is 16.5. The second kappa shape index (κ2) is 11.3. The molecule has 0 saturated heterocycles. The van der Waals surface area contributed by atoms with Gasteiger partial charge in [0.1, 0.15) is 6.04 Å². The SMILES string of the molecule is COC(=O)c1cc(NC(=O)COC(=O)[C@H](C)NC(=O)c2ccccc2)cc(C(=O)OC)c1. The number of hydrogen-bond donors (Lipinski definition) is 2. The number of ether oxygens (including phenoxy) is 3. The molecule has 0 unspecified atom stereocenters. The monoisotopic (exact) mass is 442 g/mol. The van der Waals surface area contributed by atoms with Crippen LogP contribution >= 0.6 is 0 Å². The van der Waals surface area contributed by atoms with E-state index in [1.54, 1.807) is 30.3 Å². The van der Waals surface area contributed by atoms with E-state index in [9.17, 15) is 24.0 Å². The van der Waals surface area contributed by atoms with Crippen LogP contribution < -0.4 is 10.6 Å². The molecule has 2 N–H and O–H groups in total. The fourth-order valence-corrected chi connectivity index (χ4v) is 2.56. The predicted molar refractivity (Wildman–Crippen MR) is 112 cm³/mol. The molecule has 0 spiro atoms. The van der Waals surface area contributed by atoms with E-state index in [0.29, 0.717) is 5.56 Å². The van der Waals surface area contributed by atoms with Crippen LogP contribution in [0.1, 0.15) is 38.0 Å². The molecule has 2 aromatic rings. The minimum Gasteiger partial charge on any atom is -0.465 e. The zero-order valence-corrected chi connectivity index (χ0v) is 17.7. The van der Waals surface area contributed by atoms with Crippen LogP contribution in [-0.4, -0.2) is 56.6 Å². The molecule has 0 aliphatic heterocycles. The topological polar surface area (TPSA) is 137 Å². The van der Waals surface area contributed by atoms with Crippen molar-refractivity contribution >= 4 is 35.4 Å². The number of carbonyl (C=O) groups is 5. The van der Waals surface area contributed by atoms with Crippen LogP contribution in [0.2, 0.25) is 0 Å². The van der Waals surface area contributed by atoms with Crippen molar-refractivity contribution in [3.05, 3.63) is 65.2 Å². The van der Waals surface area contributed by atoms with Crippen LogP contribution in [0.3, 0.4) is 0 Å². The van der Waals surface area contributed by atoms with Crippen LogP contribution in [0.4, 0.5) is 5.69 Å². The first-order valence-electron chi connectivity index (χ1n) is 9.39. The highest BCUT2D eigenvalue weighted by Gasteiger charge is 2.20. The average molecular weight is 442 g/mol. The molecular weight excluding hydrogens is 420 g/mol. The van der Waals surface area contributed by atoms with E-state index in [4.69, 9.17) is 4.74 Å². The molecule has 0 saturated carbocycles. The van der Waals surface area contributed by atoms with Crippen molar-refractivity contribution < 1.29 is 38.2 Å². The minimum atomic E-state index is -0.996. The number of amides is 2. The summed E-state index contributed by atoms with van der Waals surface area (Å²) in [6.45, 7) is 0.768. The van der Waals surface area contributed by atoms with Gasteiger partial charge in [0.2, 0.25) is 0 Å². The van der Waals surface area contributed by atoms with Gasteiger partial charge in [0.05, 0.1) is 25.3 Å². The maximum absolute atomic E-state index is 12.2. The molecule has 10 heteroatoms. The molecule has 10 nitrogen and oxygen atoms in total. The molecule has 0 bridgehead atoms. The maximum Gasteiger partial charge on any atom is 0.337 e. The van der Waals surface area contributed by atoms with Gasteiger partial charge in [0, 0.05) is 11.3 Å². The molecule has 0 aliphatic rings. The highest BCUT2D eigenvalue weighted by Crippen LogP contribution is 2.17. The quantitative estimate of drug-likeness (QED) is 0.464. The number of nitrogens with one attached hydrogen (secondary N) is 2. The van der Waals surface area contributed by atoms with Crippen molar-refractivity contribution in [2.75, 3.05) is 26.1 Å². The van der Waals surface area contributed by atoms with Gasteiger partial charge in [-0.3, -0.25) is 9.59 Å². The smallest absolute Gasteiger partial charge is 0.337 e. The van der Waals surface area contributed by atoms with Crippen molar-refractivity contribution in [3.63, 3.8) is 0 Å². The molecule has 2 aromatic carbocycles. The molecule has 32 heavy (non-hydrogen) atoms. The van der Waals surface area contributed by atoms with Gasteiger partial charge < -0.3 is 24.8 Å². The van der Waals surface area contributed by atoms with Gasteiger partial charge >= 0.3 is 17.9 Å². The first-order valence-corrected chi connectivity index (χ1v) is 9.39. The van der Waals surface area contributed by atoms with Crippen molar-refractivity contribution in [2.24, 2.45) is 0 Å². The number of hydrogen-bond acceptors (Lipinski definition) is 8. The second-order valence-corrected chi connectivity index (χ2v) is 6.50. The summed E-state index contributed by atoms with van der Waals surface area (Å²) in [5.74, 6) is -3.45.